The molecule has 2 heteroatoms. The zero-order valence-electron chi connectivity index (χ0n) is 10.5. The van der Waals surface area contributed by atoms with Crippen LogP contribution in [0.2, 0.25) is 0 Å². The average molecular weight is 231 g/mol. The van der Waals surface area contributed by atoms with E-state index in [0.29, 0.717) is 6.61 Å². The second-order valence-electron chi connectivity index (χ2n) is 4.56. The van der Waals surface area contributed by atoms with Gasteiger partial charge in [-0.05, 0) is 49.5 Å². The van der Waals surface area contributed by atoms with Crippen molar-refractivity contribution in [1.29, 1.82) is 0 Å². The second kappa shape index (κ2) is 5.87. The molecule has 0 fully saturated rings. The fourth-order valence-electron chi connectivity index (χ4n) is 2.31. The SMILES string of the molecule is CCOc1cccc(C2=CC(N)CCCC2)c1. The number of hydrogen-bond donors (Lipinski definition) is 1. The molecule has 0 aromatic heterocycles. The summed E-state index contributed by atoms with van der Waals surface area (Å²) in [7, 11) is 0. The molecule has 1 aliphatic rings. The number of nitrogens with two attached hydrogens (primary N) is 1. The van der Waals surface area contributed by atoms with Crippen molar-refractivity contribution in [2.75, 3.05) is 6.61 Å². The van der Waals surface area contributed by atoms with Crippen molar-refractivity contribution in [3.63, 3.8) is 0 Å². The Balaban J connectivity index is 2.22. The van der Waals surface area contributed by atoms with E-state index < -0.39 is 0 Å². The minimum Gasteiger partial charge on any atom is -0.494 e. The van der Waals surface area contributed by atoms with Gasteiger partial charge in [0.15, 0.2) is 0 Å². The van der Waals surface area contributed by atoms with Crippen molar-refractivity contribution in [2.24, 2.45) is 5.73 Å². The first-order valence-corrected chi connectivity index (χ1v) is 6.49. The summed E-state index contributed by atoms with van der Waals surface area (Å²) < 4.78 is 5.54. The molecule has 0 saturated carbocycles. The number of rotatable bonds is 3. The van der Waals surface area contributed by atoms with Gasteiger partial charge in [0, 0.05) is 6.04 Å². The summed E-state index contributed by atoms with van der Waals surface area (Å²) in [6.45, 7) is 2.72. The fourth-order valence-corrected chi connectivity index (χ4v) is 2.31. The van der Waals surface area contributed by atoms with Crippen LogP contribution in [0.25, 0.3) is 5.57 Å². The third-order valence-corrected chi connectivity index (χ3v) is 3.16. The monoisotopic (exact) mass is 231 g/mol. The van der Waals surface area contributed by atoms with Gasteiger partial charge in [0.25, 0.3) is 0 Å². The van der Waals surface area contributed by atoms with Crippen LogP contribution < -0.4 is 10.5 Å². The van der Waals surface area contributed by atoms with E-state index in [4.69, 9.17) is 10.5 Å². The Morgan fingerprint density at radius 2 is 2.24 bits per heavy atom. The summed E-state index contributed by atoms with van der Waals surface area (Å²) in [4.78, 5) is 0. The molecule has 0 aliphatic heterocycles. The molecule has 1 aromatic carbocycles. The lowest BCUT2D eigenvalue weighted by Gasteiger charge is -2.09. The molecule has 0 heterocycles. The molecule has 1 unspecified atom stereocenters. The van der Waals surface area contributed by atoms with E-state index in [9.17, 15) is 0 Å². The third-order valence-electron chi connectivity index (χ3n) is 3.16. The molecular formula is C15H21NO. The number of allylic oxidation sites excluding steroid dienone is 1. The summed E-state index contributed by atoms with van der Waals surface area (Å²) in [6.07, 6.45) is 6.92. The van der Waals surface area contributed by atoms with Gasteiger partial charge >= 0.3 is 0 Å². The van der Waals surface area contributed by atoms with Gasteiger partial charge in [0.05, 0.1) is 6.61 Å². The Kier molecular flexibility index (Phi) is 4.21. The average Bonchev–Trinajstić information content (AvgIpc) is 2.55. The molecule has 1 aromatic rings. The smallest absolute Gasteiger partial charge is 0.119 e. The van der Waals surface area contributed by atoms with Crippen molar-refractivity contribution in [3.8, 4) is 5.75 Å². The molecule has 1 aliphatic carbocycles. The number of benzene rings is 1. The van der Waals surface area contributed by atoms with Gasteiger partial charge in [-0.2, -0.15) is 0 Å². The van der Waals surface area contributed by atoms with E-state index in [1.54, 1.807) is 0 Å². The predicted molar refractivity (Wildman–Crippen MR) is 72.0 cm³/mol. The first kappa shape index (κ1) is 12.2. The van der Waals surface area contributed by atoms with Crippen LogP contribution in [0.4, 0.5) is 0 Å². The third kappa shape index (κ3) is 3.34. The maximum absolute atomic E-state index is 6.05. The lowest BCUT2D eigenvalue weighted by molar-refractivity contribution is 0.340. The molecule has 0 bridgehead atoms. The molecule has 92 valence electrons. The molecule has 0 saturated heterocycles. The highest BCUT2D eigenvalue weighted by molar-refractivity contribution is 5.67. The zero-order valence-corrected chi connectivity index (χ0v) is 10.5. The molecular weight excluding hydrogens is 210 g/mol. The maximum atomic E-state index is 6.05. The minimum atomic E-state index is 0.211. The Morgan fingerprint density at radius 3 is 3.06 bits per heavy atom. The van der Waals surface area contributed by atoms with Gasteiger partial charge in [-0.15, -0.1) is 0 Å². The van der Waals surface area contributed by atoms with Gasteiger partial charge in [0.2, 0.25) is 0 Å². The Labute approximate surface area is 103 Å². The lowest BCUT2D eigenvalue weighted by atomic mass is 10.0. The van der Waals surface area contributed by atoms with E-state index in [0.717, 1.165) is 18.6 Å². The van der Waals surface area contributed by atoms with E-state index in [-0.39, 0.29) is 6.04 Å². The van der Waals surface area contributed by atoms with Crippen molar-refractivity contribution in [3.05, 3.63) is 35.9 Å². The predicted octanol–water partition coefficient (Wildman–Crippen LogP) is 3.37. The first-order chi connectivity index (χ1) is 8.29. The fraction of sp³-hybridized carbons (Fsp3) is 0.467. The number of ether oxygens (including phenoxy) is 1. The number of hydrogen-bond acceptors (Lipinski definition) is 2. The van der Waals surface area contributed by atoms with Crippen LogP contribution in [0.1, 0.15) is 38.2 Å². The normalized spacial score (nSPS) is 20.6. The van der Waals surface area contributed by atoms with Crippen LogP contribution in [0.3, 0.4) is 0 Å². The molecule has 0 amide bonds. The van der Waals surface area contributed by atoms with Gasteiger partial charge in [-0.3, -0.25) is 0 Å². The molecule has 2 nitrogen and oxygen atoms in total. The van der Waals surface area contributed by atoms with Crippen LogP contribution in [0.15, 0.2) is 30.3 Å². The van der Waals surface area contributed by atoms with E-state index in [1.165, 1.54) is 24.0 Å². The summed E-state index contributed by atoms with van der Waals surface area (Å²) in [5.41, 5.74) is 8.68. The second-order valence-corrected chi connectivity index (χ2v) is 4.56. The molecule has 17 heavy (non-hydrogen) atoms. The van der Waals surface area contributed by atoms with Gasteiger partial charge in [-0.1, -0.05) is 24.6 Å². The molecule has 2 rings (SSSR count). The van der Waals surface area contributed by atoms with E-state index >= 15 is 0 Å². The molecule has 1 atom stereocenters. The van der Waals surface area contributed by atoms with Gasteiger partial charge in [0.1, 0.15) is 5.75 Å². The van der Waals surface area contributed by atoms with Crippen LogP contribution in [0, 0.1) is 0 Å². The van der Waals surface area contributed by atoms with Gasteiger partial charge in [-0.25, -0.2) is 0 Å². The molecule has 0 spiro atoms. The van der Waals surface area contributed by atoms with Gasteiger partial charge < -0.3 is 10.5 Å². The lowest BCUT2D eigenvalue weighted by Crippen LogP contribution is -2.15. The summed E-state index contributed by atoms with van der Waals surface area (Å²) >= 11 is 0. The summed E-state index contributed by atoms with van der Waals surface area (Å²) in [6, 6.07) is 8.53. The summed E-state index contributed by atoms with van der Waals surface area (Å²) in [5, 5.41) is 0. The van der Waals surface area contributed by atoms with Crippen molar-refractivity contribution >= 4 is 5.57 Å². The van der Waals surface area contributed by atoms with Crippen LogP contribution in [-0.2, 0) is 0 Å². The standard InChI is InChI=1S/C15H21NO/c1-2-17-15-9-5-7-13(11-15)12-6-3-4-8-14(16)10-12/h5,7,9-11,14H,2-4,6,8,16H2,1H3. The minimum absolute atomic E-state index is 0.211. The van der Waals surface area contributed by atoms with Crippen LogP contribution >= 0.6 is 0 Å². The van der Waals surface area contributed by atoms with Crippen molar-refractivity contribution < 1.29 is 4.74 Å². The maximum Gasteiger partial charge on any atom is 0.119 e. The Hall–Kier alpha value is -1.28. The van der Waals surface area contributed by atoms with Crippen LogP contribution in [-0.4, -0.2) is 12.6 Å². The quantitative estimate of drug-likeness (QED) is 0.865. The van der Waals surface area contributed by atoms with Crippen molar-refractivity contribution in [1.82, 2.24) is 0 Å². The first-order valence-electron chi connectivity index (χ1n) is 6.49. The Bertz CT molecular complexity index is 398. The van der Waals surface area contributed by atoms with E-state index in [1.807, 2.05) is 13.0 Å². The molecule has 2 N–H and O–H groups in total. The van der Waals surface area contributed by atoms with Crippen molar-refractivity contribution in [2.45, 2.75) is 38.6 Å². The highest BCUT2D eigenvalue weighted by atomic mass is 16.5. The van der Waals surface area contributed by atoms with Crippen LogP contribution in [0.5, 0.6) is 5.75 Å². The zero-order chi connectivity index (χ0) is 12.1. The highest BCUT2D eigenvalue weighted by Gasteiger charge is 2.10. The van der Waals surface area contributed by atoms with E-state index in [2.05, 4.69) is 24.3 Å². The Morgan fingerprint density at radius 1 is 1.35 bits per heavy atom. The largest absolute Gasteiger partial charge is 0.494 e. The highest BCUT2D eigenvalue weighted by Crippen LogP contribution is 2.27. The summed E-state index contributed by atoms with van der Waals surface area (Å²) in [5.74, 6) is 0.948. The molecule has 0 radical (unpaired) electrons. The topological polar surface area (TPSA) is 35.2 Å².